The van der Waals surface area contributed by atoms with Gasteiger partial charge in [0.2, 0.25) is 5.91 Å². The van der Waals surface area contributed by atoms with E-state index < -0.39 is 0 Å². The Bertz CT molecular complexity index is 416. The van der Waals surface area contributed by atoms with Crippen LogP contribution >= 0.6 is 31.9 Å². The number of halogens is 2. The van der Waals surface area contributed by atoms with Gasteiger partial charge in [0.25, 0.3) is 0 Å². The van der Waals surface area contributed by atoms with Crippen molar-refractivity contribution >= 4 is 37.8 Å². The van der Waals surface area contributed by atoms with Gasteiger partial charge in [-0.3, -0.25) is 4.79 Å². The molecule has 0 heterocycles. The number of methoxy groups -OCH3 is 1. The summed E-state index contributed by atoms with van der Waals surface area (Å²) < 4.78 is 7.10. The third kappa shape index (κ3) is 5.93. The number of primary amides is 1. The highest BCUT2D eigenvalue weighted by Crippen LogP contribution is 2.34. The van der Waals surface area contributed by atoms with Gasteiger partial charge < -0.3 is 15.8 Å². The van der Waals surface area contributed by atoms with Gasteiger partial charge >= 0.3 is 0 Å². The van der Waals surface area contributed by atoms with E-state index in [2.05, 4.69) is 37.2 Å². The minimum Gasteiger partial charge on any atom is -0.494 e. The highest BCUT2D eigenvalue weighted by molar-refractivity contribution is 9.11. The van der Waals surface area contributed by atoms with Crippen LogP contribution in [0.2, 0.25) is 0 Å². The third-order valence-corrected chi connectivity index (χ3v) is 3.80. The van der Waals surface area contributed by atoms with Crippen molar-refractivity contribution in [3.63, 3.8) is 0 Å². The SMILES string of the molecule is COc1c(Br)cc(CNCCCCC(N)=O)cc1Br. The summed E-state index contributed by atoms with van der Waals surface area (Å²) in [5.41, 5.74) is 6.24. The molecule has 6 heteroatoms. The summed E-state index contributed by atoms with van der Waals surface area (Å²) in [5.74, 6) is 0.563. The molecule has 0 spiro atoms. The molecule has 3 N–H and O–H groups in total. The summed E-state index contributed by atoms with van der Waals surface area (Å²) in [6.07, 6.45) is 2.24. The first-order valence-electron chi connectivity index (χ1n) is 6.05. The first kappa shape index (κ1) is 16.5. The van der Waals surface area contributed by atoms with E-state index in [9.17, 15) is 4.79 Å². The Balaban J connectivity index is 2.36. The lowest BCUT2D eigenvalue weighted by molar-refractivity contribution is -0.118. The lowest BCUT2D eigenvalue weighted by Crippen LogP contribution is -2.16. The zero-order valence-corrected chi connectivity index (χ0v) is 14.0. The maximum Gasteiger partial charge on any atom is 0.217 e. The van der Waals surface area contributed by atoms with Crippen molar-refractivity contribution in [2.75, 3.05) is 13.7 Å². The van der Waals surface area contributed by atoms with E-state index in [0.29, 0.717) is 6.42 Å². The first-order chi connectivity index (χ1) is 9.04. The Hall–Kier alpha value is -0.590. The van der Waals surface area contributed by atoms with Crippen LogP contribution in [0, 0.1) is 0 Å². The maximum atomic E-state index is 10.6. The number of rotatable bonds is 8. The Labute approximate surface area is 130 Å². The van der Waals surface area contributed by atoms with Crippen LogP contribution in [0.1, 0.15) is 24.8 Å². The predicted molar refractivity (Wildman–Crippen MR) is 83.1 cm³/mol. The molecule has 0 saturated carbocycles. The van der Waals surface area contributed by atoms with Crippen molar-refractivity contribution in [3.8, 4) is 5.75 Å². The van der Waals surface area contributed by atoms with Crippen LogP contribution in [0.25, 0.3) is 0 Å². The van der Waals surface area contributed by atoms with Gasteiger partial charge in [-0.05, 0) is 68.9 Å². The molecule has 0 aromatic heterocycles. The summed E-state index contributed by atoms with van der Waals surface area (Å²) in [6, 6.07) is 4.06. The summed E-state index contributed by atoms with van der Waals surface area (Å²) in [5, 5.41) is 3.33. The van der Waals surface area contributed by atoms with Gasteiger partial charge in [0.15, 0.2) is 0 Å². The average Bonchev–Trinajstić information content (AvgIpc) is 2.33. The fourth-order valence-electron chi connectivity index (χ4n) is 1.69. The van der Waals surface area contributed by atoms with Gasteiger partial charge in [0.1, 0.15) is 5.75 Å². The van der Waals surface area contributed by atoms with E-state index in [1.807, 2.05) is 12.1 Å². The molecule has 0 aliphatic rings. The van der Waals surface area contributed by atoms with E-state index in [4.69, 9.17) is 10.5 Å². The molecule has 0 fully saturated rings. The Morgan fingerprint density at radius 3 is 2.47 bits per heavy atom. The molecular formula is C13H18Br2N2O2. The number of hydrogen-bond donors (Lipinski definition) is 2. The van der Waals surface area contributed by atoms with Crippen molar-refractivity contribution in [2.45, 2.75) is 25.8 Å². The van der Waals surface area contributed by atoms with Crippen molar-refractivity contribution in [3.05, 3.63) is 26.6 Å². The van der Waals surface area contributed by atoms with E-state index in [0.717, 1.165) is 46.2 Å². The number of unbranched alkanes of at least 4 members (excludes halogenated alkanes) is 1. The highest BCUT2D eigenvalue weighted by Gasteiger charge is 2.07. The molecule has 0 saturated heterocycles. The first-order valence-corrected chi connectivity index (χ1v) is 7.64. The lowest BCUT2D eigenvalue weighted by atomic mass is 10.2. The summed E-state index contributed by atoms with van der Waals surface area (Å²) in [4.78, 5) is 10.6. The molecule has 0 bridgehead atoms. The Kier molecular flexibility index (Phi) is 7.41. The quantitative estimate of drug-likeness (QED) is 0.667. The largest absolute Gasteiger partial charge is 0.494 e. The number of nitrogens with one attached hydrogen (secondary N) is 1. The fourth-order valence-corrected chi connectivity index (χ4v) is 3.30. The van der Waals surface area contributed by atoms with Crippen molar-refractivity contribution in [1.29, 1.82) is 0 Å². The topological polar surface area (TPSA) is 64.3 Å². The number of benzene rings is 1. The normalized spacial score (nSPS) is 10.5. The third-order valence-electron chi connectivity index (χ3n) is 2.62. The smallest absolute Gasteiger partial charge is 0.217 e. The van der Waals surface area contributed by atoms with Crippen LogP contribution in [0.5, 0.6) is 5.75 Å². The summed E-state index contributed by atoms with van der Waals surface area (Å²) in [6.45, 7) is 1.65. The van der Waals surface area contributed by atoms with E-state index in [1.165, 1.54) is 0 Å². The minimum atomic E-state index is -0.233. The second kappa shape index (κ2) is 8.55. The van der Waals surface area contributed by atoms with Crippen molar-refractivity contribution < 1.29 is 9.53 Å². The fraction of sp³-hybridized carbons (Fsp3) is 0.462. The average molecular weight is 394 g/mol. The van der Waals surface area contributed by atoms with Crippen molar-refractivity contribution in [1.82, 2.24) is 5.32 Å². The van der Waals surface area contributed by atoms with Crippen LogP contribution in [0.15, 0.2) is 21.1 Å². The van der Waals surface area contributed by atoms with Crippen LogP contribution in [0.3, 0.4) is 0 Å². The Morgan fingerprint density at radius 1 is 1.32 bits per heavy atom. The highest BCUT2D eigenvalue weighted by atomic mass is 79.9. The minimum absolute atomic E-state index is 0.233. The van der Waals surface area contributed by atoms with Gasteiger partial charge in [-0.2, -0.15) is 0 Å². The standard InChI is InChI=1S/C13H18Br2N2O2/c1-19-13-10(14)6-9(7-11(13)15)8-17-5-3-2-4-12(16)18/h6-7,17H,2-5,8H2,1H3,(H2,16,18). The van der Waals surface area contributed by atoms with Gasteiger partial charge in [-0.1, -0.05) is 0 Å². The molecule has 19 heavy (non-hydrogen) atoms. The van der Waals surface area contributed by atoms with Gasteiger partial charge in [-0.25, -0.2) is 0 Å². The van der Waals surface area contributed by atoms with Gasteiger partial charge in [0.05, 0.1) is 16.1 Å². The molecule has 0 unspecified atom stereocenters. The Morgan fingerprint density at radius 2 is 1.95 bits per heavy atom. The number of nitrogens with two attached hydrogens (primary N) is 1. The number of amides is 1. The molecule has 1 amide bonds. The summed E-state index contributed by atoms with van der Waals surface area (Å²) in [7, 11) is 1.64. The number of hydrogen-bond acceptors (Lipinski definition) is 3. The van der Waals surface area contributed by atoms with E-state index >= 15 is 0 Å². The molecule has 0 aliphatic heterocycles. The molecule has 1 aromatic rings. The van der Waals surface area contributed by atoms with Gasteiger partial charge in [-0.15, -0.1) is 0 Å². The predicted octanol–water partition coefficient (Wildman–Crippen LogP) is 2.97. The maximum absolute atomic E-state index is 10.6. The van der Waals surface area contributed by atoms with Gasteiger partial charge in [0, 0.05) is 13.0 Å². The zero-order valence-electron chi connectivity index (χ0n) is 10.8. The number of ether oxygens (including phenoxy) is 1. The van der Waals surface area contributed by atoms with Crippen LogP contribution in [-0.2, 0) is 11.3 Å². The van der Waals surface area contributed by atoms with Crippen molar-refractivity contribution in [2.24, 2.45) is 5.73 Å². The van der Waals surface area contributed by atoms with Crippen LogP contribution < -0.4 is 15.8 Å². The van der Waals surface area contributed by atoms with E-state index in [1.54, 1.807) is 7.11 Å². The molecule has 0 atom stereocenters. The molecule has 0 radical (unpaired) electrons. The molecule has 0 aliphatic carbocycles. The molecular weight excluding hydrogens is 376 g/mol. The second-order valence-corrected chi connectivity index (χ2v) is 5.90. The molecule has 4 nitrogen and oxygen atoms in total. The monoisotopic (exact) mass is 392 g/mol. The lowest BCUT2D eigenvalue weighted by Gasteiger charge is -2.10. The van der Waals surface area contributed by atoms with Crippen LogP contribution in [0.4, 0.5) is 0 Å². The molecule has 1 aromatic carbocycles. The second-order valence-electron chi connectivity index (χ2n) is 4.19. The number of carbonyl (C=O) groups is 1. The van der Waals surface area contributed by atoms with E-state index in [-0.39, 0.29) is 5.91 Å². The molecule has 106 valence electrons. The summed E-state index contributed by atoms with van der Waals surface area (Å²) >= 11 is 6.95. The van der Waals surface area contributed by atoms with Crippen LogP contribution in [-0.4, -0.2) is 19.6 Å². The zero-order chi connectivity index (χ0) is 14.3. The number of carbonyl (C=O) groups excluding carboxylic acids is 1. The molecule has 1 rings (SSSR count).